The van der Waals surface area contributed by atoms with Crippen LogP contribution in [0.2, 0.25) is 5.02 Å². The van der Waals surface area contributed by atoms with E-state index >= 15 is 0 Å². The van der Waals surface area contributed by atoms with Crippen molar-refractivity contribution in [1.82, 2.24) is 4.90 Å². The fourth-order valence-electron chi connectivity index (χ4n) is 2.72. The first-order chi connectivity index (χ1) is 10.9. The molecule has 0 saturated carbocycles. The molecule has 1 unspecified atom stereocenters. The molecule has 1 fully saturated rings. The molecular formula is C17H16ClNO4. The zero-order chi connectivity index (χ0) is 16.6. The van der Waals surface area contributed by atoms with Gasteiger partial charge in [-0.15, -0.1) is 0 Å². The number of amides is 1. The summed E-state index contributed by atoms with van der Waals surface area (Å²) in [5, 5.41) is 9.79. The molecule has 1 atom stereocenters. The fourth-order valence-corrected chi connectivity index (χ4v) is 2.95. The third-order valence-electron chi connectivity index (χ3n) is 4.23. The Bertz CT molecular complexity index is 769. The smallest absolute Gasteiger partial charge is 0.311 e. The molecule has 1 saturated heterocycles. The van der Waals surface area contributed by atoms with Crippen molar-refractivity contribution >= 4 is 23.5 Å². The highest BCUT2D eigenvalue weighted by Gasteiger charge is 2.42. The van der Waals surface area contributed by atoms with E-state index in [2.05, 4.69) is 0 Å². The number of nitrogens with zero attached hydrogens (tertiary/aromatic N) is 1. The number of rotatable bonds is 3. The number of carbonyl (C=O) groups excluding carboxylic acids is 1. The number of carbonyl (C=O) groups is 2. The molecule has 6 heteroatoms. The predicted molar refractivity (Wildman–Crippen MR) is 85.4 cm³/mol. The third kappa shape index (κ3) is 2.84. The van der Waals surface area contributed by atoms with E-state index in [9.17, 15) is 14.7 Å². The van der Waals surface area contributed by atoms with Crippen LogP contribution in [0.1, 0.15) is 23.9 Å². The van der Waals surface area contributed by atoms with Gasteiger partial charge in [0.25, 0.3) is 5.91 Å². The average molecular weight is 334 g/mol. The van der Waals surface area contributed by atoms with Crippen molar-refractivity contribution in [2.75, 3.05) is 13.1 Å². The van der Waals surface area contributed by atoms with Gasteiger partial charge in [-0.2, -0.15) is 0 Å². The van der Waals surface area contributed by atoms with Crippen molar-refractivity contribution in [3.63, 3.8) is 0 Å². The van der Waals surface area contributed by atoms with Crippen LogP contribution in [0.4, 0.5) is 0 Å². The van der Waals surface area contributed by atoms with E-state index in [4.69, 9.17) is 16.0 Å². The van der Waals surface area contributed by atoms with E-state index in [1.807, 2.05) is 18.2 Å². The van der Waals surface area contributed by atoms with Crippen LogP contribution in [-0.4, -0.2) is 35.0 Å². The largest absolute Gasteiger partial charge is 0.481 e. The summed E-state index contributed by atoms with van der Waals surface area (Å²) in [6, 6.07) is 10.5. The monoisotopic (exact) mass is 333 g/mol. The molecule has 1 aromatic carbocycles. The number of benzene rings is 1. The topological polar surface area (TPSA) is 70.8 Å². The van der Waals surface area contributed by atoms with Crippen LogP contribution in [0.25, 0.3) is 11.3 Å². The molecule has 0 bridgehead atoms. The van der Waals surface area contributed by atoms with E-state index in [0.717, 1.165) is 0 Å². The first-order valence-electron chi connectivity index (χ1n) is 7.28. The second kappa shape index (κ2) is 5.74. The molecule has 1 aromatic heterocycles. The molecule has 1 amide bonds. The Balaban J connectivity index is 1.80. The summed E-state index contributed by atoms with van der Waals surface area (Å²) in [5.41, 5.74) is -0.182. The normalized spacial score (nSPS) is 20.7. The highest BCUT2D eigenvalue weighted by Crippen LogP contribution is 2.33. The van der Waals surface area contributed by atoms with E-state index < -0.39 is 11.4 Å². The quantitative estimate of drug-likeness (QED) is 0.932. The molecule has 5 nitrogen and oxygen atoms in total. The maximum Gasteiger partial charge on any atom is 0.311 e. The van der Waals surface area contributed by atoms with Crippen LogP contribution >= 0.6 is 11.6 Å². The SMILES string of the molecule is CC1(C(=O)O)CCN(C(=O)c2ccc(-c3ccccc3Cl)o2)C1. The number of aliphatic carboxylic acids is 1. The van der Waals surface area contributed by atoms with Crippen molar-refractivity contribution in [3.8, 4) is 11.3 Å². The van der Waals surface area contributed by atoms with Crippen molar-refractivity contribution in [2.45, 2.75) is 13.3 Å². The molecule has 23 heavy (non-hydrogen) atoms. The Kier molecular flexibility index (Phi) is 3.90. The van der Waals surface area contributed by atoms with Gasteiger partial charge in [0.2, 0.25) is 0 Å². The summed E-state index contributed by atoms with van der Waals surface area (Å²) in [6.45, 7) is 2.24. The predicted octanol–water partition coefficient (Wildman–Crippen LogP) is 3.54. The lowest BCUT2D eigenvalue weighted by Gasteiger charge is -2.19. The first kappa shape index (κ1) is 15.6. The second-order valence-electron chi connectivity index (χ2n) is 5.99. The zero-order valence-electron chi connectivity index (χ0n) is 12.6. The Hall–Kier alpha value is -2.27. The average Bonchev–Trinajstić information content (AvgIpc) is 3.15. The molecular weight excluding hydrogens is 318 g/mol. The van der Waals surface area contributed by atoms with Gasteiger partial charge in [-0.05, 0) is 37.6 Å². The molecule has 2 heterocycles. The van der Waals surface area contributed by atoms with Crippen molar-refractivity contribution in [1.29, 1.82) is 0 Å². The van der Waals surface area contributed by atoms with E-state index in [1.165, 1.54) is 4.90 Å². The fraction of sp³-hybridized carbons (Fsp3) is 0.294. The lowest BCUT2D eigenvalue weighted by Crippen LogP contribution is -2.34. The Labute approximate surface area is 138 Å². The molecule has 1 aliphatic heterocycles. The molecule has 2 aromatic rings. The number of likely N-dealkylation sites (tertiary alicyclic amines) is 1. The number of hydrogen-bond acceptors (Lipinski definition) is 3. The standard InChI is InChI=1S/C17H16ClNO4/c1-17(16(21)22)8-9-19(10-17)15(20)14-7-6-13(23-14)11-4-2-3-5-12(11)18/h2-7H,8-10H2,1H3,(H,21,22). The maximum atomic E-state index is 12.5. The maximum absolute atomic E-state index is 12.5. The molecule has 120 valence electrons. The van der Waals surface area contributed by atoms with Gasteiger partial charge in [-0.3, -0.25) is 9.59 Å². The first-order valence-corrected chi connectivity index (χ1v) is 7.66. The summed E-state index contributed by atoms with van der Waals surface area (Å²) in [4.78, 5) is 25.3. The van der Waals surface area contributed by atoms with Crippen molar-refractivity contribution < 1.29 is 19.1 Å². The van der Waals surface area contributed by atoms with Gasteiger partial charge >= 0.3 is 5.97 Å². The van der Waals surface area contributed by atoms with Crippen molar-refractivity contribution in [2.24, 2.45) is 5.41 Å². The summed E-state index contributed by atoms with van der Waals surface area (Å²) in [5.74, 6) is -0.481. The van der Waals surface area contributed by atoms with Crippen LogP contribution in [0.3, 0.4) is 0 Å². The van der Waals surface area contributed by atoms with E-state index in [0.29, 0.717) is 29.3 Å². The number of carboxylic acid groups (broad SMARTS) is 1. The minimum absolute atomic E-state index is 0.184. The van der Waals surface area contributed by atoms with Crippen LogP contribution in [0.5, 0.6) is 0 Å². The van der Waals surface area contributed by atoms with Gasteiger partial charge in [0.15, 0.2) is 5.76 Å². The van der Waals surface area contributed by atoms with E-state index in [1.54, 1.807) is 25.1 Å². The summed E-state index contributed by atoms with van der Waals surface area (Å²) in [7, 11) is 0. The molecule has 1 aliphatic rings. The Morgan fingerprint density at radius 3 is 2.65 bits per heavy atom. The van der Waals surface area contributed by atoms with E-state index in [-0.39, 0.29) is 18.2 Å². The Morgan fingerprint density at radius 2 is 2.00 bits per heavy atom. The van der Waals surface area contributed by atoms with Gasteiger partial charge in [-0.1, -0.05) is 23.7 Å². The van der Waals surface area contributed by atoms with Crippen LogP contribution < -0.4 is 0 Å². The van der Waals surface area contributed by atoms with Crippen molar-refractivity contribution in [3.05, 3.63) is 47.2 Å². The lowest BCUT2D eigenvalue weighted by atomic mass is 9.90. The van der Waals surface area contributed by atoms with Gasteiger partial charge < -0.3 is 14.4 Å². The minimum atomic E-state index is -0.895. The Morgan fingerprint density at radius 1 is 1.26 bits per heavy atom. The highest BCUT2D eigenvalue weighted by molar-refractivity contribution is 6.33. The molecule has 0 radical (unpaired) electrons. The third-order valence-corrected chi connectivity index (χ3v) is 4.56. The summed E-state index contributed by atoms with van der Waals surface area (Å²) >= 11 is 6.13. The second-order valence-corrected chi connectivity index (χ2v) is 6.39. The van der Waals surface area contributed by atoms with Crippen LogP contribution in [-0.2, 0) is 4.79 Å². The van der Waals surface area contributed by atoms with Gasteiger partial charge in [0.1, 0.15) is 5.76 Å². The number of furan rings is 1. The lowest BCUT2D eigenvalue weighted by molar-refractivity contribution is -0.147. The number of hydrogen-bond donors (Lipinski definition) is 1. The van der Waals surface area contributed by atoms with Crippen LogP contribution in [0, 0.1) is 5.41 Å². The van der Waals surface area contributed by atoms with Crippen LogP contribution in [0.15, 0.2) is 40.8 Å². The molecule has 1 N–H and O–H groups in total. The van der Waals surface area contributed by atoms with Gasteiger partial charge in [0.05, 0.1) is 10.4 Å². The molecule has 3 rings (SSSR count). The number of carboxylic acids is 1. The van der Waals surface area contributed by atoms with Gasteiger partial charge in [-0.25, -0.2) is 0 Å². The minimum Gasteiger partial charge on any atom is -0.481 e. The summed E-state index contributed by atoms with van der Waals surface area (Å²) in [6.07, 6.45) is 0.437. The number of halogens is 1. The highest BCUT2D eigenvalue weighted by atomic mass is 35.5. The summed E-state index contributed by atoms with van der Waals surface area (Å²) < 4.78 is 5.63. The zero-order valence-corrected chi connectivity index (χ0v) is 13.3. The molecule has 0 aliphatic carbocycles. The molecule has 0 spiro atoms. The van der Waals surface area contributed by atoms with Gasteiger partial charge in [0, 0.05) is 18.7 Å².